The zero-order valence-corrected chi connectivity index (χ0v) is 23.8. The molecule has 0 aliphatic heterocycles. The van der Waals surface area contributed by atoms with Crippen LogP contribution in [0.5, 0.6) is 17.2 Å². The Morgan fingerprint density at radius 1 is 0.842 bits per heavy atom. The Kier molecular flexibility index (Phi) is 9.27. The third kappa shape index (κ3) is 6.22. The molecule has 0 aromatic heterocycles. The lowest BCUT2D eigenvalue weighted by molar-refractivity contribution is -0.120. The molecular weight excluding hydrogens is 504 g/mol. The van der Waals surface area contributed by atoms with Crippen molar-refractivity contribution >= 4 is 21.6 Å². The third-order valence-corrected chi connectivity index (χ3v) is 8.15. The van der Waals surface area contributed by atoms with Gasteiger partial charge >= 0.3 is 0 Å². The molecule has 0 spiro atoms. The zero-order chi connectivity index (χ0) is 28.0. The molecule has 3 aromatic rings. The number of hydrogen-bond donors (Lipinski definition) is 1. The van der Waals surface area contributed by atoms with Crippen LogP contribution in [0.3, 0.4) is 0 Å². The van der Waals surface area contributed by atoms with Crippen LogP contribution in [-0.4, -0.2) is 42.2 Å². The molecule has 1 unspecified atom stereocenters. The minimum Gasteiger partial charge on any atom is -0.496 e. The summed E-state index contributed by atoms with van der Waals surface area (Å²) < 4.78 is 44.7. The minimum absolute atomic E-state index is 0.0724. The highest BCUT2D eigenvalue weighted by molar-refractivity contribution is 7.92. The van der Waals surface area contributed by atoms with Gasteiger partial charge in [-0.1, -0.05) is 32.0 Å². The van der Waals surface area contributed by atoms with E-state index in [0.29, 0.717) is 11.5 Å². The predicted molar refractivity (Wildman–Crippen MR) is 149 cm³/mol. The van der Waals surface area contributed by atoms with Crippen molar-refractivity contribution in [1.82, 2.24) is 5.32 Å². The first-order valence-corrected chi connectivity index (χ1v) is 13.7. The fourth-order valence-corrected chi connectivity index (χ4v) is 5.75. The van der Waals surface area contributed by atoms with Crippen LogP contribution in [0.15, 0.2) is 65.6 Å². The number of methoxy groups -OCH3 is 3. The summed E-state index contributed by atoms with van der Waals surface area (Å²) in [5.74, 6) is 1.37. The van der Waals surface area contributed by atoms with E-state index in [1.807, 2.05) is 26.0 Å². The summed E-state index contributed by atoms with van der Waals surface area (Å²) in [4.78, 5) is 13.4. The number of sulfonamides is 1. The first-order chi connectivity index (χ1) is 18.0. The van der Waals surface area contributed by atoms with Crippen LogP contribution < -0.4 is 23.8 Å². The van der Waals surface area contributed by atoms with Gasteiger partial charge in [-0.05, 0) is 72.9 Å². The fourth-order valence-electron chi connectivity index (χ4n) is 4.32. The summed E-state index contributed by atoms with van der Waals surface area (Å²) in [5.41, 5.74) is 3.21. The predicted octanol–water partition coefficient (Wildman–Crippen LogP) is 5.22. The highest BCUT2D eigenvalue weighted by Crippen LogP contribution is 2.34. The van der Waals surface area contributed by atoms with Crippen molar-refractivity contribution in [2.75, 3.05) is 32.2 Å². The van der Waals surface area contributed by atoms with Crippen LogP contribution in [0.2, 0.25) is 0 Å². The molecule has 0 saturated heterocycles. The van der Waals surface area contributed by atoms with Gasteiger partial charge in [0.05, 0.1) is 38.0 Å². The Labute approximate surface area is 225 Å². The normalized spacial score (nSPS) is 12.1. The topological polar surface area (TPSA) is 94.2 Å². The smallest absolute Gasteiger partial charge is 0.264 e. The molecule has 9 heteroatoms. The monoisotopic (exact) mass is 540 g/mol. The Hall–Kier alpha value is -3.72. The maximum Gasteiger partial charge on any atom is 0.264 e. The molecule has 1 N–H and O–H groups in total. The Morgan fingerprint density at radius 3 is 2.05 bits per heavy atom. The number of anilines is 1. The summed E-state index contributed by atoms with van der Waals surface area (Å²) in [6.45, 7) is 7.57. The van der Waals surface area contributed by atoms with Gasteiger partial charge in [-0.25, -0.2) is 8.42 Å². The molecule has 3 rings (SSSR count). The molecular formula is C29H36N2O6S. The number of hydrogen-bond acceptors (Lipinski definition) is 6. The second-order valence-electron chi connectivity index (χ2n) is 9.26. The van der Waals surface area contributed by atoms with Crippen LogP contribution in [0.1, 0.15) is 49.4 Å². The summed E-state index contributed by atoms with van der Waals surface area (Å²) in [5, 5.41) is 2.97. The first kappa shape index (κ1) is 28.8. The molecule has 0 aliphatic carbocycles. The van der Waals surface area contributed by atoms with E-state index in [1.54, 1.807) is 43.5 Å². The summed E-state index contributed by atoms with van der Waals surface area (Å²) in [6.07, 6.45) is 0. The molecule has 0 fully saturated rings. The van der Waals surface area contributed by atoms with Crippen molar-refractivity contribution in [1.29, 1.82) is 0 Å². The van der Waals surface area contributed by atoms with Crippen LogP contribution in [0, 0.1) is 6.92 Å². The number of benzene rings is 3. The maximum absolute atomic E-state index is 13.7. The average molecular weight is 541 g/mol. The minimum atomic E-state index is -4.07. The van der Waals surface area contributed by atoms with E-state index in [9.17, 15) is 13.2 Å². The maximum atomic E-state index is 13.7. The fraction of sp³-hybridized carbons (Fsp3) is 0.345. The third-order valence-electron chi connectivity index (χ3n) is 6.36. The van der Waals surface area contributed by atoms with Gasteiger partial charge in [-0.3, -0.25) is 9.10 Å². The summed E-state index contributed by atoms with van der Waals surface area (Å²) in [6, 6.07) is 16.4. The summed E-state index contributed by atoms with van der Waals surface area (Å²) in [7, 11) is 0.534. The number of amides is 1. The highest BCUT2D eigenvalue weighted by Gasteiger charge is 2.29. The van der Waals surface area contributed by atoms with Gasteiger partial charge in [0.1, 0.15) is 12.3 Å². The van der Waals surface area contributed by atoms with Gasteiger partial charge in [-0.2, -0.15) is 0 Å². The molecule has 0 saturated carbocycles. The van der Waals surface area contributed by atoms with Crippen LogP contribution in [0.25, 0.3) is 0 Å². The molecule has 204 valence electrons. The first-order valence-electron chi connectivity index (χ1n) is 12.3. The van der Waals surface area contributed by atoms with E-state index in [-0.39, 0.29) is 22.5 Å². The molecule has 3 aromatic carbocycles. The molecule has 38 heavy (non-hydrogen) atoms. The lowest BCUT2D eigenvalue weighted by Crippen LogP contribution is -2.41. The standard InChI is InChI=1S/C29H36N2O6S/c1-19(2)24-17-25(20(3)15-27(24)36-6)21(4)30-29(32)18-31(38(33,34)23-11-9-8-10-12-23)22-13-14-26(35-5)28(16-22)37-7/h8-17,19,21H,18H2,1-7H3,(H,30,32). The van der Waals surface area contributed by atoms with Crippen molar-refractivity contribution in [3.63, 3.8) is 0 Å². The highest BCUT2D eigenvalue weighted by atomic mass is 32.2. The van der Waals surface area contributed by atoms with Crippen LogP contribution >= 0.6 is 0 Å². The molecule has 1 amide bonds. The van der Waals surface area contributed by atoms with Crippen LogP contribution in [-0.2, 0) is 14.8 Å². The van der Waals surface area contributed by atoms with Crippen molar-refractivity contribution in [3.8, 4) is 17.2 Å². The quantitative estimate of drug-likeness (QED) is 0.359. The Bertz CT molecular complexity index is 1370. The number of nitrogens with one attached hydrogen (secondary N) is 1. The number of ether oxygens (including phenoxy) is 3. The molecule has 8 nitrogen and oxygen atoms in total. The van der Waals surface area contributed by atoms with Crippen molar-refractivity contribution in [3.05, 3.63) is 77.4 Å². The SMILES string of the molecule is COc1ccc(N(CC(=O)NC(C)c2cc(C(C)C)c(OC)cc2C)S(=O)(=O)c2ccccc2)cc1OC. The van der Waals surface area contributed by atoms with Gasteiger partial charge in [0.15, 0.2) is 11.5 Å². The molecule has 0 aliphatic rings. The van der Waals surface area contributed by atoms with E-state index in [0.717, 1.165) is 26.7 Å². The second-order valence-corrected chi connectivity index (χ2v) is 11.1. The largest absolute Gasteiger partial charge is 0.496 e. The van der Waals surface area contributed by atoms with Gasteiger partial charge in [-0.15, -0.1) is 0 Å². The van der Waals surface area contributed by atoms with Crippen molar-refractivity contribution in [2.45, 2.75) is 44.6 Å². The lowest BCUT2D eigenvalue weighted by Gasteiger charge is -2.26. The number of carbonyl (C=O) groups excluding carboxylic acids is 1. The summed E-state index contributed by atoms with van der Waals surface area (Å²) >= 11 is 0. The number of nitrogens with zero attached hydrogens (tertiary/aromatic N) is 1. The van der Waals surface area contributed by atoms with Gasteiger partial charge in [0.25, 0.3) is 10.0 Å². The Morgan fingerprint density at radius 2 is 1.47 bits per heavy atom. The van der Waals surface area contributed by atoms with Gasteiger partial charge in [0.2, 0.25) is 5.91 Å². The van der Waals surface area contributed by atoms with Crippen LogP contribution in [0.4, 0.5) is 5.69 Å². The average Bonchev–Trinajstić information content (AvgIpc) is 2.91. The Balaban J connectivity index is 1.96. The van der Waals surface area contributed by atoms with Crippen molar-refractivity contribution in [2.24, 2.45) is 0 Å². The van der Waals surface area contributed by atoms with E-state index < -0.39 is 22.5 Å². The zero-order valence-electron chi connectivity index (χ0n) is 22.9. The molecule has 1 atom stereocenters. The second kappa shape index (κ2) is 12.2. The van der Waals surface area contributed by atoms with Gasteiger partial charge < -0.3 is 19.5 Å². The number of rotatable bonds is 11. The van der Waals surface area contributed by atoms with E-state index >= 15 is 0 Å². The van der Waals surface area contributed by atoms with Crippen molar-refractivity contribution < 1.29 is 27.4 Å². The molecule has 0 radical (unpaired) electrons. The van der Waals surface area contributed by atoms with E-state index in [1.165, 1.54) is 26.4 Å². The van der Waals surface area contributed by atoms with Gasteiger partial charge in [0, 0.05) is 6.07 Å². The van der Waals surface area contributed by atoms with E-state index in [2.05, 4.69) is 19.2 Å². The van der Waals surface area contributed by atoms with E-state index in [4.69, 9.17) is 14.2 Å². The molecule has 0 heterocycles. The number of carbonyl (C=O) groups is 1. The number of aryl methyl sites for hydroxylation is 1. The molecule has 0 bridgehead atoms. The lowest BCUT2D eigenvalue weighted by atomic mass is 9.93.